The highest BCUT2D eigenvalue weighted by molar-refractivity contribution is 5.48. The van der Waals surface area contributed by atoms with E-state index in [2.05, 4.69) is 28.9 Å². The van der Waals surface area contributed by atoms with Crippen LogP contribution in [-0.4, -0.2) is 34.9 Å². The van der Waals surface area contributed by atoms with Crippen LogP contribution in [0.25, 0.3) is 0 Å². The molecule has 2 aromatic rings. The fourth-order valence-corrected chi connectivity index (χ4v) is 5.19. The first-order valence-corrected chi connectivity index (χ1v) is 9.90. The van der Waals surface area contributed by atoms with Gasteiger partial charge in [-0.2, -0.15) is 0 Å². The summed E-state index contributed by atoms with van der Waals surface area (Å²) < 4.78 is 11.0. The largest absolute Gasteiger partial charge is 0.454 e. The smallest absolute Gasteiger partial charge is 0.231 e. The summed E-state index contributed by atoms with van der Waals surface area (Å²) >= 11 is 0. The minimum atomic E-state index is -0.792. The summed E-state index contributed by atoms with van der Waals surface area (Å²) in [4.78, 5) is 7.02. The summed E-state index contributed by atoms with van der Waals surface area (Å²) in [5, 5.41) is 11.7. The Kier molecular flexibility index (Phi) is 4.10. The molecule has 5 heteroatoms. The van der Waals surface area contributed by atoms with Crippen molar-refractivity contribution in [1.82, 2.24) is 9.88 Å². The predicted octanol–water partition coefficient (Wildman–Crippen LogP) is 3.24. The van der Waals surface area contributed by atoms with Crippen LogP contribution in [0.4, 0.5) is 0 Å². The number of ether oxygens (including phenoxy) is 2. The number of benzene rings is 1. The van der Waals surface area contributed by atoms with Gasteiger partial charge in [0.2, 0.25) is 6.79 Å². The number of hydrogen-bond acceptors (Lipinski definition) is 5. The summed E-state index contributed by atoms with van der Waals surface area (Å²) in [5.41, 5.74) is 2.56. The molecule has 0 amide bonds. The second-order valence-corrected chi connectivity index (χ2v) is 8.19. The third kappa shape index (κ3) is 2.80. The molecule has 0 spiro atoms. The predicted molar refractivity (Wildman–Crippen MR) is 102 cm³/mol. The summed E-state index contributed by atoms with van der Waals surface area (Å²) in [6, 6.07) is 10.1. The Bertz CT molecular complexity index is 825. The van der Waals surface area contributed by atoms with Crippen LogP contribution in [0.5, 0.6) is 11.5 Å². The molecule has 2 fully saturated rings. The average Bonchev–Trinajstić information content (AvgIpc) is 3.10. The third-order valence-corrected chi connectivity index (χ3v) is 6.61. The van der Waals surface area contributed by atoms with Crippen molar-refractivity contribution in [2.45, 2.75) is 38.3 Å². The molecule has 1 saturated heterocycles. The van der Waals surface area contributed by atoms with E-state index in [1.165, 1.54) is 17.5 Å². The Morgan fingerprint density at radius 3 is 2.59 bits per heavy atom. The van der Waals surface area contributed by atoms with Crippen LogP contribution in [0.15, 0.2) is 36.5 Å². The number of nitrogens with zero attached hydrogens (tertiary/aromatic N) is 2. The Hall–Kier alpha value is -2.11. The second-order valence-electron chi connectivity index (χ2n) is 8.19. The van der Waals surface area contributed by atoms with Crippen molar-refractivity contribution in [1.29, 1.82) is 0 Å². The van der Waals surface area contributed by atoms with Crippen molar-refractivity contribution in [3.8, 4) is 11.5 Å². The number of fused-ring (bicyclic) bond motifs is 3. The molecule has 2 unspecified atom stereocenters. The van der Waals surface area contributed by atoms with E-state index in [0.29, 0.717) is 6.79 Å². The van der Waals surface area contributed by atoms with Crippen LogP contribution in [0.2, 0.25) is 0 Å². The topological polar surface area (TPSA) is 54.8 Å². The van der Waals surface area contributed by atoms with Gasteiger partial charge in [0.05, 0.1) is 5.69 Å². The van der Waals surface area contributed by atoms with E-state index in [9.17, 15) is 5.11 Å². The van der Waals surface area contributed by atoms with Gasteiger partial charge < -0.3 is 14.6 Å². The lowest BCUT2D eigenvalue weighted by molar-refractivity contribution is -0.151. The Balaban J connectivity index is 1.39. The summed E-state index contributed by atoms with van der Waals surface area (Å²) in [6.07, 6.45) is 5.10. The number of pyridine rings is 1. The van der Waals surface area contributed by atoms with E-state index in [0.717, 1.165) is 49.7 Å². The van der Waals surface area contributed by atoms with Gasteiger partial charge in [-0.1, -0.05) is 12.5 Å². The van der Waals surface area contributed by atoms with E-state index in [4.69, 9.17) is 9.47 Å². The minimum Gasteiger partial charge on any atom is -0.454 e. The molecule has 5 rings (SSSR count). The molecular weight excluding hydrogens is 340 g/mol. The van der Waals surface area contributed by atoms with Gasteiger partial charge in [-0.25, -0.2) is 0 Å². The molecule has 142 valence electrons. The van der Waals surface area contributed by atoms with E-state index < -0.39 is 5.60 Å². The SMILES string of the molecule is Cc1cc2c(cc1CN1CC3CCCC(C1)C3(O)c1ccccn1)OCO2. The number of rotatable bonds is 3. The molecule has 2 atom stereocenters. The number of aromatic nitrogens is 1. The van der Waals surface area contributed by atoms with E-state index in [1.807, 2.05) is 18.2 Å². The molecule has 3 heterocycles. The molecule has 1 aromatic carbocycles. The number of likely N-dealkylation sites (tertiary alicyclic amines) is 1. The van der Waals surface area contributed by atoms with Gasteiger partial charge in [-0.15, -0.1) is 0 Å². The maximum absolute atomic E-state index is 11.7. The summed E-state index contributed by atoms with van der Waals surface area (Å²) in [6.45, 7) is 5.12. The van der Waals surface area contributed by atoms with Crippen LogP contribution in [0.1, 0.15) is 36.1 Å². The summed E-state index contributed by atoms with van der Waals surface area (Å²) in [7, 11) is 0. The third-order valence-electron chi connectivity index (χ3n) is 6.61. The van der Waals surface area contributed by atoms with Crippen molar-refractivity contribution in [2.75, 3.05) is 19.9 Å². The van der Waals surface area contributed by atoms with Gasteiger partial charge in [0, 0.05) is 37.7 Å². The van der Waals surface area contributed by atoms with Crippen LogP contribution in [0, 0.1) is 18.8 Å². The van der Waals surface area contributed by atoms with Crippen molar-refractivity contribution in [3.05, 3.63) is 53.3 Å². The molecule has 3 aliphatic rings. The zero-order valence-corrected chi connectivity index (χ0v) is 15.7. The van der Waals surface area contributed by atoms with Crippen molar-refractivity contribution in [3.63, 3.8) is 0 Å². The second kappa shape index (κ2) is 6.50. The molecule has 27 heavy (non-hydrogen) atoms. The fraction of sp³-hybridized carbons (Fsp3) is 0.500. The lowest BCUT2D eigenvalue weighted by Crippen LogP contribution is -2.58. The van der Waals surface area contributed by atoms with Crippen molar-refractivity contribution in [2.24, 2.45) is 11.8 Å². The maximum atomic E-state index is 11.7. The van der Waals surface area contributed by atoms with E-state index in [-0.39, 0.29) is 11.8 Å². The summed E-state index contributed by atoms with van der Waals surface area (Å²) in [5.74, 6) is 2.15. The van der Waals surface area contributed by atoms with Crippen LogP contribution >= 0.6 is 0 Å². The lowest BCUT2D eigenvalue weighted by atomic mass is 9.64. The molecule has 2 aliphatic heterocycles. The number of aryl methyl sites for hydroxylation is 1. The Morgan fingerprint density at radius 1 is 1.15 bits per heavy atom. The average molecular weight is 366 g/mol. The van der Waals surface area contributed by atoms with Gasteiger partial charge in [0.25, 0.3) is 0 Å². The van der Waals surface area contributed by atoms with Gasteiger partial charge >= 0.3 is 0 Å². The number of aliphatic hydroxyl groups is 1. The van der Waals surface area contributed by atoms with Crippen molar-refractivity contribution < 1.29 is 14.6 Å². The Labute approximate surface area is 159 Å². The molecule has 1 N–H and O–H groups in total. The molecule has 1 aromatic heterocycles. The van der Waals surface area contributed by atoms with Crippen LogP contribution in [0.3, 0.4) is 0 Å². The normalized spacial score (nSPS) is 29.7. The number of hydrogen-bond donors (Lipinski definition) is 1. The Morgan fingerprint density at radius 2 is 1.89 bits per heavy atom. The minimum absolute atomic E-state index is 0.231. The van der Waals surface area contributed by atoms with Crippen molar-refractivity contribution >= 4 is 0 Å². The molecular formula is C22H26N2O3. The van der Waals surface area contributed by atoms with E-state index >= 15 is 0 Å². The van der Waals surface area contributed by atoms with Crippen LogP contribution < -0.4 is 9.47 Å². The van der Waals surface area contributed by atoms with Gasteiger partial charge in [0.1, 0.15) is 5.60 Å². The quantitative estimate of drug-likeness (QED) is 0.904. The van der Waals surface area contributed by atoms with Gasteiger partial charge in [-0.05, 0) is 55.2 Å². The first kappa shape index (κ1) is 17.0. The lowest BCUT2D eigenvalue weighted by Gasteiger charge is -2.52. The zero-order chi connectivity index (χ0) is 18.4. The molecule has 0 radical (unpaired) electrons. The molecule has 1 aliphatic carbocycles. The first-order valence-electron chi connectivity index (χ1n) is 9.90. The fourth-order valence-electron chi connectivity index (χ4n) is 5.19. The standard InChI is InChI=1S/C22H26N2O3/c1-15-9-19-20(27-14-26-19)10-16(15)11-24-12-17-5-4-6-18(13-24)22(17,25)21-7-2-3-8-23-21/h2-3,7-10,17-18,25H,4-6,11-14H2,1H3. The maximum Gasteiger partial charge on any atom is 0.231 e. The molecule has 5 nitrogen and oxygen atoms in total. The monoisotopic (exact) mass is 366 g/mol. The van der Waals surface area contributed by atoms with Gasteiger partial charge in [-0.3, -0.25) is 9.88 Å². The van der Waals surface area contributed by atoms with E-state index in [1.54, 1.807) is 6.20 Å². The molecule has 1 saturated carbocycles. The highest BCUT2D eigenvalue weighted by Crippen LogP contribution is 2.49. The number of piperidine rings is 1. The highest BCUT2D eigenvalue weighted by atomic mass is 16.7. The van der Waals surface area contributed by atoms with Crippen LogP contribution in [-0.2, 0) is 12.1 Å². The first-order chi connectivity index (χ1) is 13.1. The zero-order valence-electron chi connectivity index (χ0n) is 15.7. The van der Waals surface area contributed by atoms with Gasteiger partial charge in [0.15, 0.2) is 11.5 Å². The highest BCUT2D eigenvalue weighted by Gasteiger charge is 2.52. The molecule has 2 bridgehead atoms.